The molecule has 0 aliphatic rings. The van der Waals surface area contributed by atoms with Crippen LogP contribution in [0.1, 0.15) is 0 Å². The second-order valence-corrected chi connectivity index (χ2v) is 13.4. The average Bonchev–Trinajstić information content (AvgIpc) is 3.84. The number of fused-ring (bicyclic) bond motifs is 10. The van der Waals surface area contributed by atoms with E-state index in [9.17, 15) is 0 Å². The Hall–Kier alpha value is -6.84. The fourth-order valence-corrected chi connectivity index (χ4v) is 8.46. The van der Waals surface area contributed by atoms with Crippen molar-refractivity contribution in [2.45, 2.75) is 0 Å². The van der Waals surface area contributed by atoms with Gasteiger partial charge in [0.05, 0.1) is 33.1 Å². The Kier molecular flexibility index (Phi) is 5.96. The lowest BCUT2D eigenvalue weighted by atomic mass is 10.1. The van der Waals surface area contributed by atoms with E-state index in [2.05, 4.69) is 202 Å². The number of para-hydroxylation sites is 4. The summed E-state index contributed by atoms with van der Waals surface area (Å²) in [6.45, 7) is 0. The smallest absolute Gasteiger partial charge is 0.0641 e. The van der Waals surface area contributed by atoms with Gasteiger partial charge in [-0.05, 0) is 71.8 Å². The lowest BCUT2D eigenvalue weighted by Crippen LogP contribution is -1.98. The fraction of sp³-hybridized carbons (Fsp3) is 0. The zero-order valence-corrected chi connectivity index (χ0v) is 27.7. The monoisotopic (exact) mass is 649 g/mol. The highest BCUT2D eigenvalue weighted by atomic mass is 15.0. The van der Waals surface area contributed by atoms with Gasteiger partial charge in [0.25, 0.3) is 0 Å². The molecule has 8 aromatic carbocycles. The van der Waals surface area contributed by atoms with E-state index in [1.54, 1.807) is 0 Å². The summed E-state index contributed by atoms with van der Waals surface area (Å²) in [5.41, 5.74) is 13.1. The molecular weight excluding hydrogens is 619 g/mol. The van der Waals surface area contributed by atoms with Crippen LogP contribution in [0.3, 0.4) is 0 Å². The second kappa shape index (κ2) is 10.8. The molecule has 0 unspecified atom stereocenters. The van der Waals surface area contributed by atoms with Gasteiger partial charge in [-0.3, -0.25) is 0 Å². The van der Waals surface area contributed by atoms with E-state index >= 15 is 0 Å². The maximum absolute atomic E-state index is 2.47. The third-order valence-electron chi connectivity index (χ3n) is 10.6. The molecule has 0 radical (unpaired) electrons. The molecule has 3 heterocycles. The first-order chi connectivity index (χ1) is 25.3. The molecule has 11 rings (SSSR count). The molecule has 11 aromatic rings. The highest BCUT2D eigenvalue weighted by Gasteiger charge is 2.21. The van der Waals surface area contributed by atoms with E-state index in [0.29, 0.717) is 0 Å². The highest BCUT2D eigenvalue weighted by Crippen LogP contribution is 2.42. The van der Waals surface area contributed by atoms with Crippen molar-refractivity contribution in [2.24, 2.45) is 0 Å². The summed E-state index contributed by atoms with van der Waals surface area (Å²) in [5, 5.41) is 7.54. The first-order valence-corrected chi connectivity index (χ1v) is 17.5. The van der Waals surface area contributed by atoms with Crippen LogP contribution in [-0.2, 0) is 0 Å². The molecule has 3 heteroatoms. The van der Waals surface area contributed by atoms with Crippen molar-refractivity contribution < 1.29 is 0 Å². The van der Waals surface area contributed by atoms with Gasteiger partial charge in [0, 0.05) is 49.4 Å². The highest BCUT2D eigenvalue weighted by molar-refractivity contribution is 6.26. The van der Waals surface area contributed by atoms with E-state index in [-0.39, 0.29) is 0 Å². The Labute approximate surface area is 294 Å². The minimum Gasteiger partial charge on any atom is -0.309 e. The standard InChI is InChI=1S/C48H31N3/c1-2-13-32(14-3-1)33-25-27-34(28-26-33)51-44-23-10-6-19-39(44)40-29-30-46-47(48(40)51)41-20-7-11-24-45(41)50(46)36-16-12-15-35(31-36)49-42-21-8-4-17-37(42)38-18-5-9-22-43(38)49/h1-31H. The molecule has 0 bridgehead atoms. The van der Waals surface area contributed by atoms with Crippen LogP contribution < -0.4 is 0 Å². The second-order valence-electron chi connectivity index (χ2n) is 13.4. The van der Waals surface area contributed by atoms with Crippen molar-refractivity contribution in [3.8, 4) is 28.2 Å². The first-order valence-electron chi connectivity index (χ1n) is 17.5. The number of hydrogen-bond donors (Lipinski definition) is 0. The molecule has 0 aliphatic heterocycles. The molecule has 0 fully saturated rings. The SMILES string of the molecule is c1ccc(-c2ccc(-n3c4ccccc4c4ccc5c(c6ccccc6n5-c5cccc(-n6c7ccccc7c7ccccc76)c5)c43)cc2)cc1. The third kappa shape index (κ3) is 4.06. The molecule has 0 aliphatic carbocycles. The number of rotatable bonds is 4. The minimum atomic E-state index is 1.13. The summed E-state index contributed by atoms with van der Waals surface area (Å²) in [4.78, 5) is 0. The Balaban J connectivity index is 1.19. The summed E-state index contributed by atoms with van der Waals surface area (Å²) < 4.78 is 7.31. The predicted molar refractivity (Wildman–Crippen MR) is 215 cm³/mol. The van der Waals surface area contributed by atoms with E-state index in [4.69, 9.17) is 0 Å². The molecular formula is C48H31N3. The molecule has 238 valence electrons. The van der Waals surface area contributed by atoms with Crippen LogP contribution in [0.25, 0.3) is 93.6 Å². The van der Waals surface area contributed by atoms with E-state index < -0.39 is 0 Å². The topological polar surface area (TPSA) is 14.8 Å². The summed E-state index contributed by atoms with van der Waals surface area (Å²) in [6, 6.07) is 68.4. The third-order valence-corrected chi connectivity index (χ3v) is 10.6. The van der Waals surface area contributed by atoms with Gasteiger partial charge in [-0.15, -0.1) is 0 Å². The van der Waals surface area contributed by atoms with Gasteiger partial charge in [0.1, 0.15) is 0 Å². The molecule has 51 heavy (non-hydrogen) atoms. The van der Waals surface area contributed by atoms with Crippen LogP contribution in [0.2, 0.25) is 0 Å². The van der Waals surface area contributed by atoms with Crippen molar-refractivity contribution >= 4 is 65.4 Å². The largest absolute Gasteiger partial charge is 0.309 e. The van der Waals surface area contributed by atoms with Gasteiger partial charge >= 0.3 is 0 Å². The molecule has 3 aromatic heterocycles. The van der Waals surface area contributed by atoms with Crippen LogP contribution in [-0.4, -0.2) is 13.7 Å². The summed E-state index contributed by atoms with van der Waals surface area (Å²) in [7, 11) is 0. The number of benzene rings is 8. The Morgan fingerprint density at radius 1 is 0.255 bits per heavy atom. The molecule has 0 atom stereocenters. The molecule has 0 N–H and O–H groups in total. The first kappa shape index (κ1) is 28.0. The van der Waals surface area contributed by atoms with Crippen molar-refractivity contribution in [3.63, 3.8) is 0 Å². The molecule has 3 nitrogen and oxygen atoms in total. The van der Waals surface area contributed by atoms with E-state index in [1.165, 1.54) is 76.5 Å². The predicted octanol–water partition coefficient (Wildman–Crippen LogP) is 12.6. The van der Waals surface area contributed by atoms with Crippen LogP contribution >= 0.6 is 0 Å². The van der Waals surface area contributed by atoms with Gasteiger partial charge in [0.2, 0.25) is 0 Å². The molecule has 0 spiro atoms. The van der Waals surface area contributed by atoms with Gasteiger partial charge < -0.3 is 13.7 Å². The fourth-order valence-electron chi connectivity index (χ4n) is 8.46. The average molecular weight is 650 g/mol. The summed E-state index contributed by atoms with van der Waals surface area (Å²) in [6.07, 6.45) is 0. The van der Waals surface area contributed by atoms with Crippen molar-refractivity contribution in [3.05, 3.63) is 188 Å². The lowest BCUT2D eigenvalue weighted by molar-refractivity contribution is 1.13. The van der Waals surface area contributed by atoms with Crippen LogP contribution in [0, 0.1) is 0 Å². The minimum absolute atomic E-state index is 1.13. The molecule has 0 saturated heterocycles. The van der Waals surface area contributed by atoms with Gasteiger partial charge in [-0.25, -0.2) is 0 Å². The Morgan fingerprint density at radius 2 is 0.725 bits per heavy atom. The van der Waals surface area contributed by atoms with Crippen molar-refractivity contribution in [2.75, 3.05) is 0 Å². The van der Waals surface area contributed by atoms with Crippen molar-refractivity contribution in [1.29, 1.82) is 0 Å². The molecule has 0 saturated carbocycles. The maximum atomic E-state index is 2.47. The lowest BCUT2D eigenvalue weighted by Gasteiger charge is -2.13. The normalized spacial score (nSPS) is 11.9. The van der Waals surface area contributed by atoms with Crippen molar-refractivity contribution in [1.82, 2.24) is 13.7 Å². The zero-order chi connectivity index (χ0) is 33.5. The van der Waals surface area contributed by atoms with Crippen LogP contribution in [0.4, 0.5) is 0 Å². The van der Waals surface area contributed by atoms with Gasteiger partial charge in [0.15, 0.2) is 0 Å². The van der Waals surface area contributed by atoms with Crippen LogP contribution in [0.15, 0.2) is 188 Å². The van der Waals surface area contributed by atoms with E-state index in [1.807, 2.05) is 0 Å². The Bertz CT molecular complexity index is 3070. The zero-order valence-electron chi connectivity index (χ0n) is 27.7. The Morgan fingerprint density at radius 3 is 1.35 bits per heavy atom. The van der Waals surface area contributed by atoms with Gasteiger partial charge in [-0.2, -0.15) is 0 Å². The summed E-state index contributed by atoms with van der Waals surface area (Å²) >= 11 is 0. The van der Waals surface area contributed by atoms with Gasteiger partial charge in [-0.1, -0.05) is 127 Å². The number of aromatic nitrogens is 3. The number of hydrogen-bond acceptors (Lipinski definition) is 0. The maximum Gasteiger partial charge on any atom is 0.0641 e. The van der Waals surface area contributed by atoms with Crippen LogP contribution in [0.5, 0.6) is 0 Å². The summed E-state index contributed by atoms with van der Waals surface area (Å²) in [5.74, 6) is 0. The number of nitrogens with zero attached hydrogens (tertiary/aromatic N) is 3. The quantitative estimate of drug-likeness (QED) is 0.180. The molecule has 0 amide bonds. The van der Waals surface area contributed by atoms with E-state index in [0.717, 1.165) is 17.1 Å².